The van der Waals surface area contributed by atoms with Crippen LogP contribution < -0.4 is 10.1 Å². The first-order chi connectivity index (χ1) is 7.84. The van der Waals surface area contributed by atoms with Gasteiger partial charge in [-0.1, -0.05) is 18.6 Å². The summed E-state index contributed by atoms with van der Waals surface area (Å²) in [4.78, 5) is 0. The van der Waals surface area contributed by atoms with E-state index in [0.29, 0.717) is 6.04 Å². The average molecular weight is 219 g/mol. The molecule has 0 amide bonds. The van der Waals surface area contributed by atoms with Crippen LogP contribution in [0.5, 0.6) is 5.75 Å². The van der Waals surface area contributed by atoms with Gasteiger partial charge in [-0.25, -0.2) is 0 Å². The van der Waals surface area contributed by atoms with Crippen LogP contribution in [0.25, 0.3) is 0 Å². The van der Waals surface area contributed by atoms with E-state index >= 15 is 0 Å². The number of rotatable bonds is 4. The van der Waals surface area contributed by atoms with E-state index in [9.17, 15) is 0 Å². The third-order valence-corrected chi connectivity index (χ3v) is 3.14. The molecule has 2 nitrogen and oxygen atoms in total. The predicted molar refractivity (Wildman–Crippen MR) is 66.9 cm³/mol. The van der Waals surface area contributed by atoms with Crippen molar-refractivity contribution in [1.29, 1.82) is 0 Å². The molecule has 2 heteroatoms. The molecule has 1 aliphatic heterocycles. The van der Waals surface area contributed by atoms with Crippen molar-refractivity contribution in [3.8, 4) is 5.75 Å². The number of aryl methyl sites for hydroxylation is 1. The van der Waals surface area contributed by atoms with Gasteiger partial charge in [0.15, 0.2) is 0 Å². The van der Waals surface area contributed by atoms with Gasteiger partial charge in [0.05, 0.1) is 6.61 Å². The van der Waals surface area contributed by atoms with E-state index in [1.165, 1.54) is 31.4 Å². The summed E-state index contributed by atoms with van der Waals surface area (Å²) in [5.41, 5.74) is 1.26. The quantitative estimate of drug-likeness (QED) is 0.840. The van der Waals surface area contributed by atoms with Crippen molar-refractivity contribution >= 4 is 0 Å². The van der Waals surface area contributed by atoms with Crippen LogP contribution in [0.2, 0.25) is 0 Å². The van der Waals surface area contributed by atoms with E-state index in [-0.39, 0.29) is 0 Å². The van der Waals surface area contributed by atoms with Crippen LogP contribution in [-0.2, 0) is 0 Å². The molecular weight excluding hydrogens is 198 g/mol. The van der Waals surface area contributed by atoms with E-state index in [1.807, 2.05) is 12.1 Å². The van der Waals surface area contributed by atoms with Crippen LogP contribution >= 0.6 is 0 Å². The van der Waals surface area contributed by atoms with Crippen LogP contribution in [0.4, 0.5) is 0 Å². The molecule has 16 heavy (non-hydrogen) atoms. The topological polar surface area (TPSA) is 21.3 Å². The molecule has 1 aromatic carbocycles. The monoisotopic (exact) mass is 219 g/mol. The highest BCUT2D eigenvalue weighted by atomic mass is 16.5. The summed E-state index contributed by atoms with van der Waals surface area (Å²) in [6.07, 6.45) is 5.11. The van der Waals surface area contributed by atoms with Gasteiger partial charge >= 0.3 is 0 Å². The zero-order chi connectivity index (χ0) is 11.2. The summed E-state index contributed by atoms with van der Waals surface area (Å²) >= 11 is 0. The fourth-order valence-corrected chi connectivity index (χ4v) is 2.19. The zero-order valence-electron chi connectivity index (χ0n) is 10.0. The molecule has 0 saturated carbocycles. The number of benzene rings is 1. The van der Waals surface area contributed by atoms with Crippen LogP contribution in [0.1, 0.15) is 31.2 Å². The predicted octanol–water partition coefficient (Wildman–Crippen LogP) is 2.91. The standard InChI is InChI=1S/C14H21NO/c1-12-5-4-7-14(11-12)16-10-8-13-6-2-3-9-15-13/h4-5,7,11,13,15H,2-3,6,8-10H2,1H3/t13-/m0/s1. The van der Waals surface area contributed by atoms with Crippen molar-refractivity contribution in [2.45, 2.75) is 38.6 Å². The highest BCUT2D eigenvalue weighted by molar-refractivity contribution is 5.27. The lowest BCUT2D eigenvalue weighted by Crippen LogP contribution is -2.35. The van der Waals surface area contributed by atoms with E-state index in [4.69, 9.17) is 4.74 Å². The molecule has 1 saturated heterocycles. The first-order valence-electron chi connectivity index (χ1n) is 6.27. The molecule has 1 fully saturated rings. The summed E-state index contributed by atoms with van der Waals surface area (Å²) in [7, 11) is 0. The SMILES string of the molecule is Cc1cccc(OCC[C@@H]2CCCCN2)c1. The fraction of sp³-hybridized carbons (Fsp3) is 0.571. The average Bonchev–Trinajstić information content (AvgIpc) is 2.30. The lowest BCUT2D eigenvalue weighted by atomic mass is 10.0. The van der Waals surface area contributed by atoms with Crippen LogP contribution in [0.15, 0.2) is 24.3 Å². The Morgan fingerprint density at radius 1 is 1.38 bits per heavy atom. The Morgan fingerprint density at radius 3 is 3.06 bits per heavy atom. The molecule has 88 valence electrons. The molecule has 0 bridgehead atoms. The normalized spacial score (nSPS) is 20.7. The molecule has 1 heterocycles. The zero-order valence-corrected chi connectivity index (χ0v) is 10.0. The highest BCUT2D eigenvalue weighted by Crippen LogP contribution is 2.14. The lowest BCUT2D eigenvalue weighted by molar-refractivity contribution is 0.268. The second kappa shape index (κ2) is 5.90. The Balaban J connectivity index is 1.71. The van der Waals surface area contributed by atoms with E-state index in [1.54, 1.807) is 0 Å². The van der Waals surface area contributed by atoms with Gasteiger partial charge in [-0.15, -0.1) is 0 Å². The van der Waals surface area contributed by atoms with Crippen LogP contribution in [0.3, 0.4) is 0 Å². The minimum Gasteiger partial charge on any atom is -0.494 e. The lowest BCUT2D eigenvalue weighted by Gasteiger charge is -2.23. The van der Waals surface area contributed by atoms with Crippen molar-refractivity contribution in [2.75, 3.05) is 13.2 Å². The van der Waals surface area contributed by atoms with Crippen molar-refractivity contribution < 1.29 is 4.74 Å². The second-order valence-corrected chi connectivity index (χ2v) is 4.60. The molecule has 0 aliphatic carbocycles. The minimum absolute atomic E-state index is 0.665. The molecule has 1 N–H and O–H groups in total. The third-order valence-electron chi connectivity index (χ3n) is 3.14. The van der Waals surface area contributed by atoms with Crippen molar-refractivity contribution in [2.24, 2.45) is 0 Å². The maximum Gasteiger partial charge on any atom is 0.119 e. The van der Waals surface area contributed by atoms with E-state index in [0.717, 1.165) is 18.8 Å². The minimum atomic E-state index is 0.665. The number of piperidine rings is 1. The Kier molecular flexibility index (Phi) is 4.23. The van der Waals surface area contributed by atoms with Crippen LogP contribution in [0, 0.1) is 6.92 Å². The molecule has 0 aromatic heterocycles. The van der Waals surface area contributed by atoms with Gasteiger partial charge in [0.2, 0.25) is 0 Å². The summed E-state index contributed by atoms with van der Waals surface area (Å²) in [5.74, 6) is 0.996. The second-order valence-electron chi connectivity index (χ2n) is 4.60. The van der Waals surface area contributed by atoms with Gasteiger partial charge in [0.25, 0.3) is 0 Å². The van der Waals surface area contributed by atoms with Gasteiger partial charge in [-0.2, -0.15) is 0 Å². The summed E-state index contributed by atoms with van der Waals surface area (Å²) in [6.45, 7) is 4.09. The molecule has 1 aromatic rings. The van der Waals surface area contributed by atoms with Crippen LogP contribution in [-0.4, -0.2) is 19.2 Å². The summed E-state index contributed by atoms with van der Waals surface area (Å²) in [6, 6.07) is 8.92. The van der Waals surface area contributed by atoms with Crippen molar-refractivity contribution in [1.82, 2.24) is 5.32 Å². The molecule has 0 unspecified atom stereocenters. The van der Waals surface area contributed by atoms with Gasteiger partial charge in [-0.05, 0) is 50.4 Å². The third kappa shape index (κ3) is 3.53. The smallest absolute Gasteiger partial charge is 0.119 e. The van der Waals surface area contributed by atoms with E-state index < -0.39 is 0 Å². The number of hydrogen-bond acceptors (Lipinski definition) is 2. The van der Waals surface area contributed by atoms with E-state index in [2.05, 4.69) is 24.4 Å². The summed E-state index contributed by atoms with van der Waals surface area (Å²) < 4.78 is 5.75. The van der Waals surface area contributed by atoms with Gasteiger partial charge < -0.3 is 10.1 Å². The molecule has 0 radical (unpaired) electrons. The maximum absolute atomic E-state index is 5.75. The fourth-order valence-electron chi connectivity index (χ4n) is 2.19. The number of hydrogen-bond donors (Lipinski definition) is 1. The molecule has 1 atom stereocenters. The molecule has 0 spiro atoms. The van der Waals surface area contributed by atoms with Gasteiger partial charge in [0.1, 0.15) is 5.75 Å². The molecule has 2 rings (SSSR count). The largest absolute Gasteiger partial charge is 0.494 e. The van der Waals surface area contributed by atoms with Gasteiger partial charge in [-0.3, -0.25) is 0 Å². The van der Waals surface area contributed by atoms with Gasteiger partial charge in [0, 0.05) is 6.04 Å². The Hall–Kier alpha value is -1.02. The van der Waals surface area contributed by atoms with Crippen molar-refractivity contribution in [3.05, 3.63) is 29.8 Å². The van der Waals surface area contributed by atoms with Crippen molar-refractivity contribution in [3.63, 3.8) is 0 Å². The Bertz CT molecular complexity index is 318. The first kappa shape index (κ1) is 11.5. The first-order valence-corrected chi connectivity index (χ1v) is 6.27. The maximum atomic E-state index is 5.75. The highest BCUT2D eigenvalue weighted by Gasteiger charge is 2.11. The molecule has 1 aliphatic rings. The summed E-state index contributed by atoms with van der Waals surface area (Å²) in [5, 5.41) is 3.54. The Labute approximate surface area is 98.0 Å². The number of ether oxygens (including phenoxy) is 1. The Morgan fingerprint density at radius 2 is 2.31 bits per heavy atom. The molecular formula is C14H21NO. The number of nitrogens with one attached hydrogen (secondary N) is 1.